The zero-order valence-corrected chi connectivity index (χ0v) is 19.4. The SMILES string of the molecule is CC#CC(CC(=O)O)c1ccc(OCc2ccc3scc(-c4cc(N)ccc4C)c3c2)cc1. The number of nitrogens with two attached hydrogens (primary N) is 1. The number of carboxylic acids is 1. The first-order valence-corrected chi connectivity index (χ1v) is 11.6. The molecule has 0 saturated heterocycles. The van der Waals surface area contributed by atoms with Gasteiger partial charge in [0.05, 0.1) is 12.3 Å². The summed E-state index contributed by atoms with van der Waals surface area (Å²) in [6.45, 7) is 4.26. The van der Waals surface area contributed by atoms with Crippen LogP contribution < -0.4 is 10.5 Å². The predicted molar refractivity (Wildman–Crippen MR) is 136 cm³/mol. The smallest absolute Gasteiger partial charge is 0.304 e. The Morgan fingerprint density at radius 2 is 1.88 bits per heavy atom. The number of anilines is 1. The second-order valence-electron chi connectivity index (χ2n) is 7.96. The zero-order valence-electron chi connectivity index (χ0n) is 18.6. The number of thiophene rings is 1. The maximum absolute atomic E-state index is 11.1. The number of nitrogen functional groups attached to an aromatic ring is 1. The third-order valence-electron chi connectivity index (χ3n) is 5.57. The lowest BCUT2D eigenvalue weighted by atomic mass is 9.96. The van der Waals surface area contributed by atoms with Gasteiger partial charge in [0.1, 0.15) is 12.4 Å². The highest BCUT2D eigenvalue weighted by Gasteiger charge is 2.14. The lowest BCUT2D eigenvalue weighted by molar-refractivity contribution is -0.137. The average Bonchev–Trinajstić information content (AvgIpc) is 3.22. The molecule has 0 amide bonds. The predicted octanol–water partition coefficient (Wildman–Crippen LogP) is 6.62. The van der Waals surface area contributed by atoms with E-state index in [-0.39, 0.29) is 12.3 Å². The molecule has 33 heavy (non-hydrogen) atoms. The van der Waals surface area contributed by atoms with Gasteiger partial charge in [0, 0.05) is 21.3 Å². The monoisotopic (exact) mass is 455 g/mol. The Labute approximate surface area is 197 Å². The van der Waals surface area contributed by atoms with Gasteiger partial charge in [-0.25, -0.2) is 0 Å². The Morgan fingerprint density at radius 1 is 1.09 bits per heavy atom. The van der Waals surface area contributed by atoms with Crippen LogP contribution in [0.2, 0.25) is 0 Å². The Morgan fingerprint density at radius 3 is 2.61 bits per heavy atom. The summed E-state index contributed by atoms with van der Waals surface area (Å²) in [6, 6.07) is 19.9. The van der Waals surface area contributed by atoms with Crippen LogP contribution in [0.15, 0.2) is 66.0 Å². The largest absolute Gasteiger partial charge is 0.489 e. The van der Waals surface area contributed by atoms with E-state index in [2.05, 4.69) is 48.4 Å². The highest BCUT2D eigenvalue weighted by Crippen LogP contribution is 2.37. The van der Waals surface area contributed by atoms with Crippen molar-refractivity contribution in [3.05, 3.63) is 82.7 Å². The number of rotatable bonds is 7. The van der Waals surface area contributed by atoms with Gasteiger partial charge in [0.25, 0.3) is 0 Å². The van der Waals surface area contributed by atoms with E-state index in [0.717, 1.165) is 28.1 Å². The fourth-order valence-corrected chi connectivity index (χ4v) is 4.81. The fraction of sp³-hybridized carbons (Fsp3) is 0.179. The van der Waals surface area contributed by atoms with E-state index in [1.54, 1.807) is 18.3 Å². The molecule has 3 aromatic carbocycles. The summed E-state index contributed by atoms with van der Waals surface area (Å²) in [7, 11) is 0. The van der Waals surface area contributed by atoms with Gasteiger partial charge in [-0.1, -0.05) is 30.2 Å². The topological polar surface area (TPSA) is 72.5 Å². The number of aryl methyl sites for hydroxylation is 1. The lowest BCUT2D eigenvalue weighted by Gasteiger charge is -2.11. The number of benzene rings is 3. The van der Waals surface area contributed by atoms with Crippen LogP contribution in [0, 0.1) is 18.8 Å². The first-order valence-electron chi connectivity index (χ1n) is 10.7. The highest BCUT2D eigenvalue weighted by atomic mass is 32.1. The van der Waals surface area contributed by atoms with E-state index in [4.69, 9.17) is 15.6 Å². The van der Waals surface area contributed by atoms with Crippen LogP contribution in [0.25, 0.3) is 21.2 Å². The Bertz CT molecular complexity index is 1360. The van der Waals surface area contributed by atoms with Gasteiger partial charge < -0.3 is 15.6 Å². The highest BCUT2D eigenvalue weighted by molar-refractivity contribution is 7.17. The van der Waals surface area contributed by atoms with Crippen molar-refractivity contribution in [3.63, 3.8) is 0 Å². The van der Waals surface area contributed by atoms with Crippen LogP contribution in [-0.2, 0) is 11.4 Å². The first-order chi connectivity index (χ1) is 15.9. The number of fused-ring (bicyclic) bond motifs is 1. The molecule has 0 saturated carbocycles. The van der Waals surface area contributed by atoms with E-state index in [9.17, 15) is 4.79 Å². The van der Waals surface area contributed by atoms with E-state index in [1.165, 1.54) is 21.2 Å². The van der Waals surface area contributed by atoms with Gasteiger partial charge in [-0.15, -0.1) is 17.3 Å². The molecule has 4 rings (SSSR count). The Kier molecular flexibility index (Phi) is 6.67. The quantitative estimate of drug-likeness (QED) is 0.243. The molecular weight excluding hydrogens is 430 g/mol. The van der Waals surface area contributed by atoms with Crippen molar-refractivity contribution < 1.29 is 14.6 Å². The summed E-state index contributed by atoms with van der Waals surface area (Å²) in [5.41, 5.74) is 12.3. The lowest BCUT2D eigenvalue weighted by Crippen LogP contribution is -2.04. The van der Waals surface area contributed by atoms with Gasteiger partial charge >= 0.3 is 5.97 Å². The Balaban J connectivity index is 1.52. The molecule has 166 valence electrons. The third kappa shape index (κ3) is 5.19. The van der Waals surface area contributed by atoms with Crippen LogP contribution >= 0.6 is 11.3 Å². The van der Waals surface area contributed by atoms with Crippen LogP contribution in [0.4, 0.5) is 5.69 Å². The minimum Gasteiger partial charge on any atom is -0.489 e. The van der Waals surface area contributed by atoms with Gasteiger partial charge in [-0.05, 0) is 77.9 Å². The summed E-state index contributed by atoms with van der Waals surface area (Å²) in [6.07, 6.45) is -0.0173. The maximum Gasteiger partial charge on any atom is 0.304 e. The minimum absolute atomic E-state index is 0.0173. The summed E-state index contributed by atoms with van der Waals surface area (Å²) in [5, 5.41) is 12.5. The second kappa shape index (κ2) is 9.81. The van der Waals surface area contributed by atoms with E-state index >= 15 is 0 Å². The van der Waals surface area contributed by atoms with Crippen molar-refractivity contribution in [1.82, 2.24) is 0 Å². The standard InChI is InChI=1S/C28H25NO3S/c1-3-4-21(14-28(30)31)20-7-10-23(11-8-20)32-16-19-6-12-27-25(13-19)26(17-33-27)24-15-22(29)9-5-18(24)2/h5-13,15,17,21H,14,16,29H2,1-2H3,(H,30,31). The summed E-state index contributed by atoms with van der Waals surface area (Å²) >= 11 is 1.72. The normalized spacial score (nSPS) is 11.6. The number of carbonyl (C=O) groups is 1. The van der Waals surface area contributed by atoms with Crippen LogP contribution in [0.3, 0.4) is 0 Å². The van der Waals surface area contributed by atoms with Crippen LogP contribution in [0.1, 0.15) is 36.0 Å². The molecule has 5 heteroatoms. The second-order valence-corrected chi connectivity index (χ2v) is 8.87. The molecule has 3 N–H and O–H groups in total. The van der Waals surface area contributed by atoms with E-state index in [0.29, 0.717) is 6.61 Å². The Hall–Kier alpha value is -3.75. The molecule has 0 aliphatic carbocycles. The number of carboxylic acid groups (broad SMARTS) is 1. The molecule has 4 nitrogen and oxygen atoms in total. The zero-order chi connectivity index (χ0) is 23.4. The molecule has 0 fully saturated rings. The molecule has 0 radical (unpaired) electrons. The maximum atomic E-state index is 11.1. The third-order valence-corrected chi connectivity index (χ3v) is 6.54. The van der Waals surface area contributed by atoms with Crippen molar-refractivity contribution in [1.29, 1.82) is 0 Å². The summed E-state index contributed by atoms with van der Waals surface area (Å²) < 4.78 is 7.24. The van der Waals surface area contributed by atoms with E-state index in [1.807, 2.05) is 36.4 Å². The van der Waals surface area contributed by atoms with Gasteiger partial charge in [0.2, 0.25) is 0 Å². The van der Waals surface area contributed by atoms with Gasteiger partial charge in [-0.3, -0.25) is 4.79 Å². The van der Waals surface area contributed by atoms with Gasteiger partial charge in [-0.2, -0.15) is 0 Å². The number of aliphatic carboxylic acids is 1. The molecule has 0 aliphatic heterocycles. The molecular formula is C28H25NO3S. The molecule has 4 aromatic rings. The number of ether oxygens (including phenoxy) is 1. The first kappa shape index (κ1) is 22.4. The van der Waals surface area contributed by atoms with Crippen LogP contribution in [-0.4, -0.2) is 11.1 Å². The van der Waals surface area contributed by atoms with Crippen molar-refractivity contribution in [3.8, 4) is 28.7 Å². The minimum atomic E-state index is -0.861. The number of hydrogen-bond donors (Lipinski definition) is 2. The molecule has 1 unspecified atom stereocenters. The summed E-state index contributed by atoms with van der Waals surface area (Å²) in [5.74, 6) is 5.33. The fourth-order valence-electron chi connectivity index (χ4n) is 3.87. The summed E-state index contributed by atoms with van der Waals surface area (Å²) in [4.78, 5) is 11.1. The van der Waals surface area contributed by atoms with Crippen molar-refractivity contribution in [2.24, 2.45) is 0 Å². The molecule has 0 bridgehead atoms. The molecule has 0 spiro atoms. The van der Waals surface area contributed by atoms with E-state index < -0.39 is 5.97 Å². The van der Waals surface area contributed by atoms with Gasteiger partial charge in [0.15, 0.2) is 0 Å². The number of hydrogen-bond acceptors (Lipinski definition) is 4. The van der Waals surface area contributed by atoms with Crippen molar-refractivity contribution in [2.45, 2.75) is 32.8 Å². The molecule has 1 heterocycles. The molecule has 1 aromatic heterocycles. The molecule has 0 aliphatic rings. The van der Waals surface area contributed by atoms with Crippen molar-refractivity contribution in [2.75, 3.05) is 5.73 Å². The van der Waals surface area contributed by atoms with Crippen molar-refractivity contribution >= 4 is 33.1 Å². The van der Waals surface area contributed by atoms with Crippen LogP contribution in [0.5, 0.6) is 5.75 Å². The average molecular weight is 456 g/mol. The molecule has 1 atom stereocenters.